The lowest BCUT2D eigenvalue weighted by atomic mass is 10.0. The molecular formula is C16H20N2O3. The molecule has 0 aliphatic carbocycles. The molecule has 21 heavy (non-hydrogen) atoms. The Bertz CT molecular complexity index is 667. The highest BCUT2D eigenvalue weighted by atomic mass is 16.4. The van der Waals surface area contributed by atoms with Gasteiger partial charge < -0.3 is 15.0 Å². The number of nitrogens with one attached hydrogen (secondary N) is 1. The number of carbonyl (C=O) groups excluding carboxylic acids is 1. The molecule has 5 nitrogen and oxygen atoms in total. The Morgan fingerprint density at radius 3 is 2.57 bits per heavy atom. The molecule has 0 aliphatic heterocycles. The van der Waals surface area contributed by atoms with Crippen LogP contribution in [-0.2, 0) is 4.79 Å². The lowest BCUT2D eigenvalue weighted by Gasteiger charge is -2.35. The van der Waals surface area contributed by atoms with Crippen LogP contribution in [-0.4, -0.2) is 39.0 Å². The molecule has 1 heterocycles. The molecule has 112 valence electrons. The quantitative estimate of drug-likeness (QED) is 0.908. The van der Waals surface area contributed by atoms with Gasteiger partial charge in [0.15, 0.2) is 0 Å². The lowest BCUT2D eigenvalue weighted by Crippen LogP contribution is -2.46. The van der Waals surface area contributed by atoms with Gasteiger partial charge in [-0.25, -0.2) is 0 Å². The molecule has 0 fully saturated rings. The molecular weight excluding hydrogens is 268 g/mol. The van der Waals surface area contributed by atoms with E-state index in [1.54, 1.807) is 11.0 Å². The highest BCUT2D eigenvalue weighted by Crippen LogP contribution is 2.20. The Morgan fingerprint density at radius 1 is 1.24 bits per heavy atom. The van der Waals surface area contributed by atoms with E-state index in [-0.39, 0.29) is 18.9 Å². The maximum absolute atomic E-state index is 12.7. The Hall–Kier alpha value is -2.30. The number of hydrogen-bond acceptors (Lipinski definition) is 2. The van der Waals surface area contributed by atoms with E-state index in [2.05, 4.69) is 4.98 Å². The standard InChI is InChI=1S/C16H20N2O3/c1-16(2,3)18(9-7-14(19)20)15(21)12-4-5-13-11(10-12)6-8-17-13/h4-6,8,10,17H,7,9H2,1-3H3,(H,19,20). The zero-order valence-corrected chi connectivity index (χ0v) is 12.5. The van der Waals surface area contributed by atoms with Gasteiger partial charge in [0.05, 0.1) is 6.42 Å². The summed E-state index contributed by atoms with van der Waals surface area (Å²) in [7, 11) is 0. The van der Waals surface area contributed by atoms with E-state index >= 15 is 0 Å². The Kier molecular flexibility index (Phi) is 4.02. The summed E-state index contributed by atoms with van der Waals surface area (Å²) >= 11 is 0. The number of aromatic nitrogens is 1. The summed E-state index contributed by atoms with van der Waals surface area (Å²) < 4.78 is 0. The smallest absolute Gasteiger partial charge is 0.305 e. The summed E-state index contributed by atoms with van der Waals surface area (Å²) in [6, 6.07) is 7.36. The van der Waals surface area contributed by atoms with Gasteiger partial charge in [0.1, 0.15) is 0 Å². The summed E-state index contributed by atoms with van der Waals surface area (Å²) in [5.41, 5.74) is 1.11. The van der Waals surface area contributed by atoms with Crippen LogP contribution in [0.25, 0.3) is 10.9 Å². The van der Waals surface area contributed by atoms with Crippen LogP contribution in [0, 0.1) is 0 Å². The van der Waals surface area contributed by atoms with Crippen LogP contribution in [0.3, 0.4) is 0 Å². The van der Waals surface area contributed by atoms with Crippen LogP contribution in [0.1, 0.15) is 37.6 Å². The van der Waals surface area contributed by atoms with Crippen LogP contribution < -0.4 is 0 Å². The van der Waals surface area contributed by atoms with Gasteiger partial charge in [-0.1, -0.05) is 0 Å². The molecule has 5 heteroatoms. The Morgan fingerprint density at radius 2 is 1.95 bits per heavy atom. The number of carboxylic acids is 1. The van der Waals surface area contributed by atoms with Crippen molar-refractivity contribution in [2.45, 2.75) is 32.7 Å². The number of carboxylic acid groups (broad SMARTS) is 1. The van der Waals surface area contributed by atoms with Crippen molar-refractivity contribution in [3.63, 3.8) is 0 Å². The first-order chi connectivity index (χ1) is 9.79. The third-order valence-corrected chi connectivity index (χ3v) is 3.40. The van der Waals surface area contributed by atoms with Crippen molar-refractivity contribution in [3.05, 3.63) is 36.0 Å². The van der Waals surface area contributed by atoms with Crippen molar-refractivity contribution >= 4 is 22.8 Å². The Balaban J connectivity index is 2.29. The fourth-order valence-electron chi connectivity index (χ4n) is 2.29. The summed E-state index contributed by atoms with van der Waals surface area (Å²) in [5.74, 6) is -1.05. The predicted octanol–water partition coefficient (Wildman–Crippen LogP) is 2.88. The number of aromatic amines is 1. The van der Waals surface area contributed by atoms with E-state index in [0.29, 0.717) is 5.56 Å². The molecule has 0 aliphatic rings. The first-order valence-electron chi connectivity index (χ1n) is 6.90. The molecule has 0 radical (unpaired) electrons. The SMILES string of the molecule is CC(C)(C)N(CCC(=O)O)C(=O)c1ccc2[nH]ccc2c1. The van der Waals surface area contributed by atoms with Gasteiger partial charge in [0.2, 0.25) is 0 Å². The number of hydrogen-bond donors (Lipinski definition) is 2. The maximum Gasteiger partial charge on any atom is 0.305 e. The van der Waals surface area contributed by atoms with Crippen LogP contribution in [0.4, 0.5) is 0 Å². The monoisotopic (exact) mass is 288 g/mol. The third-order valence-electron chi connectivity index (χ3n) is 3.40. The maximum atomic E-state index is 12.7. The molecule has 0 atom stereocenters. The van der Waals surface area contributed by atoms with Gasteiger partial charge in [-0.05, 0) is 45.0 Å². The van der Waals surface area contributed by atoms with Crippen molar-refractivity contribution in [1.29, 1.82) is 0 Å². The van der Waals surface area contributed by atoms with Gasteiger partial charge in [-0.3, -0.25) is 9.59 Å². The normalized spacial score (nSPS) is 11.6. The zero-order chi connectivity index (χ0) is 15.6. The Labute approximate surface area is 123 Å². The zero-order valence-electron chi connectivity index (χ0n) is 12.5. The van der Waals surface area contributed by atoms with Gasteiger partial charge in [-0.2, -0.15) is 0 Å². The van der Waals surface area contributed by atoms with Crippen molar-refractivity contribution in [1.82, 2.24) is 9.88 Å². The van der Waals surface area contributed by atoms with Crippen LogP contribution in [0.5, 0.6) is 0 Å². The minimum absolute atomic E-state index is 0.0601. The average Bonchev–Trinajstić information content (AvgIpc) is 2.83. The number of H-pyrrole nitrogens is 1. The molecule has 1 aromatic heterocycles. The predicted molar refractivity (Wildman–Crippen MR) is 81.3 cm³/mol. The number of aliphatic carboxylic acids is 1. The second-order valence-electron chi connectivity index (χ2n) is 6.05. The first-order valence-corrected chi connectivity index (χ1v) is 6.90. The molecule has 2 aromatic rings. The number of nitrogens with zero attached hydrogens (tertiary/aromatic N) is 1. The van der Waals surface area contributed by atoms with Crippen LogP contribution >= 0.6 is 0 Å². The van der Waals surface area contributed by atoms with E-state index in [9.17, 15) is 9.59 Å². The fraction of sp³-hybridized carbons (Fsp3) is 0.375. The van der Waals surface area contributed by atoms with E-state index in [1.807, 2.05) is 45.2 Å². The number of rotatable bonds is 4. The van der Waals surface area contributed by atoms with Crippen LogP contribution in [0.2, 0.25) is 0 Å². The number of benzene rings is 1. The number of amides is 1. The molecule has 0 saturated carbocycles. The third kappa shape index (κ3) is 3.42. The first kappa shape index (κ1) is 15.1. The van der Waals surface area contributed by atoms with Gasteiger partial charge >= 0.3 is 5.97 Å². The fourth-order valence-corrected chi connectivity index (χ4v) is 2.29. The number of fused-ring (bicyclic) bond motifs is 1. The number of carbonyl (C=O) groups is 2. The summed E-state index contributed by atoms with van der Waals surface area (Å²) in [5, 5.41) is 9.82. The van der Waals surface area contributed by atoms with Gasteiger partial charge in [-0.15, -0.1) is 0 Å². The van der Waals surface area contributed by atoms with Gasteiger partial charge in [0, 0.05) is 34.7 Å². The van der Waals surface area contributed by atoms with E-state index < -0.39 is 11.5 Å². The minimum Gasteiger partial charge on any atom is -0.481 e. The summed E-state index contributed by atoms with van der Waals surface area (Å²) in [6.45, 7) is 5.91. The van der Waals surface area contributed by atoms with Crippen LogP contribution in [0.15, 0.2) is 30.5 Å². The van der Waals surface area contributed by atoms with E-state index in [4.69, 9.17) is 5.11 Å². The lowest BCUT2D eigenvalue weighted by molar-refractivity contribution is -0.137. The molecule has 1 amide bonds. The molecule has 0 spiro atoms. The second kappa shape index (κ2) is 5.60. The van der Waals surface area contributed by atoms with Gasteiger partial charge in [0.25, 0.3) is 5.91 Å². The van der Waals surface area contributed by atoms with E-state index in [1.165, 1.54) is 0 Å². The molecule has 2 N–H and O–H groups in total. The largest absolute Gasteiger partial charge is 0.481 e. The molecule has 2 rings (SSSR count). The molecule has 0 bridgehead atoms. The summed E-state index contributed by atoms with van der Waals surface area (Å²) in [6.07, 6.45) is 1.76. The molecule has 0 saturated heterocycles. The topological polar surface area (TPSA) is 73.4 Å². The van der Waals surface area contributed by atoms with E-state index in [0.717, 1.165) is 10.9 Å². The average molecular weight is 288 g/mol. The highest BCUT2D eigenvalue weighted by Gasteiger charge is 2.27. The van der Waals surface area contributed by atoms with Crippen molar-refractivity contribution in [2.24, 2.45) is 0 Å². The molecule has 0 unspecified atom stereocenters. The van der Waals surface area contributed by atoms with Crippen molar-refractivity contribution in [2.75, 3.05) is 6.54 Å². The second-order valence-corrected chi connectivity index (χ2v) is 6.05. The van der Waals surface area contributed by atoms with Crippen molar-refractivity contribution < 1.29 is 14.7 Å². The minimum atomic E-state index is -0.905. The highest BCUT2D eigenvalue weighted by molar-refractivity contribution is 5.98. The summed E-state index contributed by atoms with van der Waals surface area (Å²) in [4.78, 5) is 28.2. The molecule has 1 aromatic carbocycles. The van der Waals surface area contributed by atoms with Crippen molar-refractivity contribution in [3.8, 4) is 0 Å².